The fourth-order valence-electron chi connectivity index (χ4n) is 4.07. The third kappa shape index (κ3) is 7.17. The summed E-state index contributed by atoms with van der Waals surface area (Å²) in [6.45, 7) is 2.44. The number of carbonyl (C=O) groups excluding carboxylic acids is 1. The monoisotopic (exact) mass is 523 g/mol. The van der Waals surface area contributed by atoms with Gasteiger partial charge >= 0.3 is 6.18 Å². The van der Waals surface area contributed by atoms with Gasteiger partial charge in [0.05, 0.1) is 10.9 Å². The van der Waals surface area contributed by atoms with Crippen LogP contribution in [0.15, 0.2) is 53.4 Å². The summed E-state index contributed by atoms with van der Waals surface area (Å²) in [5.41, 5.74) is -1.44. The van der Waals surface area contributed by atoms with Gasteiger partial charge in [-0.25, -0.2) is 12.8 Å². The molecule has 1 aliphatic carbocycles. The lowest BCUT2D eigenvalue weighted by molar-refractivity contribution is -0.161. The summed E-state index contributed by atoms with van der Waals surface area (Å²) in [6.07, 6.45) is 2.55. The molecular weight excluding hydrogens is 494 g/mol. The van der Waals surface area contributed by atoms with Crippen molar-refractivity contribution in [2.45, 2.75) is 68.4 Å². The molecule has 36 heavy (non-hydrogen) atoms. The second-order valence-electron chi connectivity index (χ2n) is 10.1. The summed E-state index contributed by atoms with van der Waals surface area (Å²) in [7, 11) is -3.38. The summed E-state index contributed by atoms with van der Waals surface area (Å²) in [5.74, 6) is 2.02. The standard InChI is InChI=1S/C27H29F4NO3S/c1-5-26(14-15-26)17-23(33)22(16-25(2,3)28)32-24(27(29,30)31)20-8-6-18(7-9-20)19-10-12-21(13-11-19)36(4,34)35/h1,6-13,22,24,32H,14-17H2,2-4H3/t22-,24-/m0/s1. The first-order chi connectivity index (χ1) is 16.5. The smallest absolute Gasteiger partial charge is 0.298 e. The average molecular weight is 524 g/mol. The third-order valence-electron chi connectivity index (χ3n) is 6.31. The molecule has 0 heterocycles. The van der Waals surface area contributed by atoms with Crippen LogP contribution < -0.4 is 5.32 Å². The van der Waals surface area contributed by atoms with Crippen LogP contribution in [0.4, 0.5) is 17.6 Å². The van der Waals surface area contributed by atoms with E-state index in [-0.39, 0.29) is 16.9 Å². The zero-order valence-electron chi connectivity index (χ0n) is 20.3. The maximum absolute atomic E-state index is 14.5. The number of Topliss-reactive ketones (excluding diaryl/α,β-unsaturated/α-hetero) is 1. The molecule has 0 radical (unpaired) electrons. The van der Waals surface area contributed by atoms with Gasteiger partial charge in [-0.05, 0) is 55.5 Å². The summed E-state index contributed by atoms with van der Waals surface area (Å²) in [6, 6.07) is 7.98. The molecule has 0 unspecified atom stereocenters. The Labute approximate surface area is 209 Å². The minimum absolute atomic E-state index is 0.0930. The number of alkyl halides is 4. The zero-order valence-corrected chi connectivity index (χ0v) is 21.1. The Morgan fingerprint density at radius 3 is 1.92 bits per heavy atom. The highest BCUT2D eigenvalue weighted by Gasteiger charge is 2.47. The fraction of sp³-hybridized carbons (Fsp3) is 0.444. The molecule has 0 aromatic heterocycles. The van der Waals surface area contributed by atoms with E-state index in [0.29, 0.717) is 24.0 Å². The van der Waals surface area contributed by atoms with Crippen LogP contribution >= 0.6 is 0 Å². The second-order valence-corrected chi connectivity index (χ2v) is 12.1. The molecule has 0 spiro atoms. The van der Waals surface area contributed by atoms with E-state index >= 15 is 0 Å². The van der Waals surface area contributed by atoms with Crippen LogP contribution in [0, 0.1) is 17.8 Å². The van der Waals surface area contributed by atoms with E-state index in [1.807, 2.05) is 0 Å². The molecule has 3 rings (SSSR count). The van der Waals surface area contributed by atoms with Crippen LogP contribution in [-0.2, 0) is 14.6 Å². The molecule has 2 atom stereocenters. The molecule has 0 amide bonds. The number of carbonyl (C=O) groups is 1. The third-order valence-corrected chi connectivity index (χ3v) is 7.43. The van der Waals surface area contributed by atoms with Crippen molar-refractivity contribution in [2.24, 2.45) is 5.41 Å². The first kappa shape index (κ1) is 27.9. The quantitative estimate of drug-likeness (QED) is 0.315. The van der Waals surface area contributed by atoms with Crippen molar-refractivity contribution < 1.29 is 30.8 Å². The predicted octanol–water partition coefficient (Wildman–Crippen LogP) is 5.83. The maximum Gasteiger partial charge on any atom is 0.407 e. The van der Waals surface area contributed by atoms with Crippen molar-refractivity contribution >= 4 is 15.6 Å². The van der Waals surface area contributed by atoms with Crippen LogP contribution in [-0.4, -0.2) is 38.3 Å². The number of hydrogen-bond acceptors (Lipinski definition) is 4. The molecule has 1 aliphatic rings. The van der Waals surface area contributed by atoms with Crippen LogP contribution in [0.5, 0.6) is 0 Å². The Kier molecular flexibility index (Phi) is 7.73. The van der Waals surface area contributed by atoms with Gasteiger partial charge in [0, 0.05) is 24.5 Å². The van der Waals surface area contributed by atoms with Gasteiger partial charge in [-0.1, -0.05) is 42.3 Å². The van der Waals surface area contributed by atoms with Gasteiger partial charge < -0.3 is 0 Å². The molecule has 1 N–H and O–H groups in total. The number of terminal acetylenes is 1. The van der Waals surface area contributed by atoms with E-state index in [4.69, 9.17) is 6.42 Å². The summed E-state index contributed by atoms with van der Waals surface area (Å²) < 4.78 is 80.1. The Balaban J connectivity index is 1.86. The largest absolute Gasteiger partial charge is 0.407 e. The lowest BCUT2D eigenvalue weighted by Gasteiger charge is -2.30. The number of halogens is 4. The summed E-state index contributed by atoms with van der Waals surface area (Å²) in [4.78, 5) is 13.1. The number of sulfone groups is 1. The second kappa shape index (κ2) is 9.98. The van der Waals surface area contributed by atoms with Crippen LogP contribution in [0.25, 0.3) is 11.1 Å². The SMILES string of the molecule is C#CC1(CC(=O)[C@H](CC(C)(C)F)N[C@@H](c2ccc(-c3ccc(S(C)(=O)=O)cc3)cc2)C(F)(F)F)CC1. The van der Waals surface area contributed by atoms with Crippen molar-refractivity contribution in [2.75, 3.05) is 6.26 Å². The van der Waals surface area contributed by atoms with E-state index in [1.54, 1.807) is 12.1 Å². The molecule has 0 saturated heterocycles. The van der Waals surface area contributed by atoms with E-state index < -0.39 is 51.4 Å². The first-order valence-electron chi connectivity index (χ1n) is 11.5. The highest BCUT2D eigenvalue weighted by molar-refractivity contribution is 7.90. The van der Waals surface area contributed by atoms with Crippen molar-refractivity contribution in [3.63, 3.8) is 0 Å². The normalized spacial score (nSPS) is 17.2. The van der Waals surface area contributed by atoms with Gasteiger partial charge in [-0.2, -0.15) is 13.2 Å². The lowest BCUT2D eigenvalue weighted by atomic mass is 9.90. The number of nitrogens with one attached hydrogen (secondary N) is 1. The molecular formula is C27H29F4NO3S. The number of hydrogen-bond donors (Lipinski definition) is 1. The summed E-state index contributed by atoms with van der Waals surface area (Å²) in [5, 5.41) is 2.37. The molecule has 194 valence electrons. The molecule has 9 heteroatoms. The fourth-order valence-corrected chi connectivity index (χ4v) is 4.70. The Hall–Kier alpha value is -2.70. The number of ketones is 1. The lowest BCUT2D eigenvalue weighted by Crippen LogP contribution is -2.47. The Morgan fingerprint density at radius 2 is 1.53 bits per heavy atom. The van der Waals surface area contributed by atoms with E-state index in [2.05, 4.69) is 11.2 Å². The van der Waals surface area contributed by atoms with Gasteiger partial charge in [0.1, 0.15) is 11.7 Å². The van der Waals surface area contributed by atoms with Gasteiger partial charge in [0.15, 0.2) is 15.6 Å². The van der Waals surface area contributed by atoms with Crippen molar-refractivity contribution in [3.05, 3.63) is 54.1 Å². The van der Waals surface area contributed by atoms with Crippen molar-refractivity contribution in [3.8, 4) is 23.5 Å². The molecule has 0 aliphatic heterocycles. The minimum atomic E-state index is -4.75. The van der Waals surface area contributed by atoms with Gasteiger partial charge in [0.2, 0.25) is 0 Å². The van der Waals surface area contributed by atoms with Crippen LogP contribution in [0.1, 0.15) is 51.1 Å². The Morgan fingerprint density at radius 1 is 1.03 bits per heavy atom. The highest BCUT2D eigenvalue weighted by atomic mass is 32.2. The number of rotatable bonds is 10. The molecule has 4 nitrogen and oxygen atoms in total. The first-order valence-corrected chi connectivity index (χ1v) is 13.3. The molecule has 2 aromatic carbocycles. The number of benzene rings is 2. The van der Waals surface area contributed by atoms with E-state index in [1.165, 1.54) is 50.2 Å². The van der Waals surface area contributed by atoms with Gasteiger partial charge in [0.25, 0.3) is 0 Å². The highest BCUT2D eigenvalue weighted by Crippen LogP contribution is 2.48. The van der Waals surface area contributed by atoms with Gasteiger partial charge in [-0.15, -0.1) is 6.42 Å². The van der Waals surface area contributed by atoms with Crippen molar-refractivity contribution in [1.29, 1.82) is 0 Å². The average Bonchev–Trinajstić information content (AvgIpc) is 3.54. The molecule has 1 saturated carbocycles. The molecule has 1 fully saturated rings. The van der Waals surface area contributed by atoms with E-state index in [9.17, 15) is 30.8 Å². The molecule has 2 aromatic rings. The van der Waals surface area contributed by atoms with Crippen molar-refractivity contribution in [1.82, 2.24) is 5.32 Å². The minimum Gasteiger partial charge on any atom is -0.298 e. The topological polar surface area (TPSA) is 63.2 Å². The van der Waals surface area contributed by atoms with Crippen LogP contribution in [0.3, 0.4) is 0 Å². The predicted molar refractivity (Wildman–Crippen MR) is 131 cm³/mol. The van der Waals surface area contributed by atoms with Crippen LogP contribution in [0.2, 0.25) is 0 Å². The summed E-state index contributed by atoms with van der Waals surface area (Å²) >= 11 is 0. The Bertz CT molecular complexity index is 1230. The van der Waals surface area contributed by atoms with E-state index in [0.717, 1.165) is 6.26 Å². The maximum atomic E-state index is 14.5. The molecule has 0 bridgehead atoms. The zero-order chi connectivity index (χ0) is 26.9. The van der Waals surface area contributed by atoms with Gasteiger partial charge in [-0.3, -0.25) is 10.1 Å².